The highest BCUT2D eigenvalue weighted by Crippen LogP contribution is 2.31. The van der Waals surface area contributed by atoms with Gasteiger partial charge >= 0.3 is 0 Å². The predicted molar refractivity (Wildman–Crippen MR) is 120 cm³/mol. The number of carbonyl (C=O) groups is 1. The Labute approximate surface area is 189 Å². The molecule has 1 amide bonds. The van der Waals surface area contributed by atoms with Crippen LogP contribution in [-0.2, 0) is 4.79 Å². The maximum atomic E-state index is 12.8. The van der Waals surface area contributed by atoms with E-state index < -0.39 is 0 Å². The molecule has 0 N–H and O–H groups in total. The first-order chi connectivity index (χ1) is 14.5. The van der Waals surface area contributed by atoms with Gasteiger partial charge in [-0.25, -0.2) is 0 Å². The Kier molecular flexibility index (Phi) is 6.61. The number of hydrogen-bond donors (Lipinski definition) is 0. The van der Waals surface area contributed by atoms with Crippen molar-refractivity contribution in [2.75, 3.05) is 12.3 Å². The van der Waals surface area contributed by atoms with Gasteiger partial charge in [-0.2, -0.15) is 0 Å². The van der Waals surface area contributed by atoms with E-state index in [-0.39, 0.29) is 11.9 Å². The first-order valence-corrected chi connectivity index (χ1v) is 11.5. The lowest BCUT2D eigenvalue weighted by atomic mass is 10.0. The molecule has 0 saturated carbocycles. The summed E-state index contributed by atoms with van der Waals surface area (Å²) < 4.78 is 1.89. The molecule has 1 aromatic carbocycles. The predicted octanol–water partition coefficient (Wildman–Crippen LogP) is 5.13. The highest BCUT2D eigenvalue weighted by Gasteiger charge is 2.24. The molecule has 4 rings (SSSR count). The average Bonchev–Trinajstić information content (AvgIpc) is 3.19. The van der Waals surface area contributed by atoms with Gasteiger partial charge in [-0.05, 0) is 56.5 Å². The van der Waals surface area contributed by atoms with Crippen molar-refractivity contribution in [1.82, 2.24) is 24.6 Å². The summed E-state index contributed by atoms with van der Waals surface area (Å²) >= 11 is 13.7. The molecule has 0 spiro atoms. The van der Waals surface area contributed by atoms with Crippen molar-refractivity contribution in [2.24, 2.45) is 0 Å². The molecule has 2 aromatic heterocycles. The van der Waals surface area contributed by atoms with E-state index in [4.69, 9.17) is 23.2 Å². The number of benzene rings is 1. The van der Waals surface area contributed by atoms with Crippen LogP contribution < -0.4 is 0 Å². The van der Waals surface area contributed by atoms with Crippen molar-refractivity contribution in [3.8, 4) is 17.1 Å². The average molecular weight is 462 g/mol. The molecule has 0 radical (unpaired) electrons. The van der Waals surface area contributed by atoms with Crippen LogP contribution in [0.2, 0.25) is 10.0 Å². The quantitative estimate of drug-likeness (QED) is 0.492. The number of aromatic nitrogens is 4. The Bertz CT molecular complexity index is 1040. The summed E-state index contributed by atoms with van der Waals surface area (Å²) in [5.41, 5.74) is 1.59. The smallest absolute Gasteiger partial charge is 0.233 e. The van der Waals surface area contributed by atoms with Crippen LogP contribution in [-0.4, -0.2) is 48.9 Å². The fourth-order valence-electron chi connectivity index (χ4n) is 3.58. The van der Waals surface area contributed by atoms with Gasteiger partial charge in [0, 0.05) is 30.5 Å². The van der Waals surface area contributed by atoms with E-state index in [1.54, 1.807) is 24.5 Å². The third-order valence-corrected chi connectivity index (χ3v) is 6.82. The minimum atomic E-state index is 0.124. The van der Waals surface area contributed by atoms with E-state index >= 15 is 0 Å². The molecule has 3 heterocycles. The Morgan fingerprint density at radius 3 is 2.80 bits per heavy atom. The van der Waals surface area contributed by atoms with Gasteiger partial charge in [-0.3, -0.25) is 14.3 Å². The Morgan fingerprint density at radius 1 is 1.20 bits per heavy atom. The summed E-state index contributed by atoms with van der Waals surface area (Å²) in [7, 11) is 0. The summed E-state index contributed by atoms with van der Waals surface area (Å²) in [4.78, 5) is 19.0. The fourth-order valence-corrected chi connectivity index (χ4v) is 4.71. The highest BCUT2D eigenvalue weighted by molar-refractivity contribution is 7.99. The van der Waals surface area contributed by atoms with Crippen LogP contribution in [0.1, 0.15) is 26.2 Å². The first kappa shape index (κ1) is 21.2. The van der Waals surface area contributed by atoms with Crippen molar-refractivity contribution in [2.45, 2.75) is 37.4 Å². The van der Waals surface area contributed by atoms with E-state index in [1.807, 2.05) is 27.7 Å². The van der Waals surface area contributed by atoms with Gasteiger partial charge in [0.1, 0.15) is 0 Å². The molecule has 0 bridgehead atoms. The summed E-state index contributed by atoms with van der Waals surface area (Å²) in [6.45, 7) is 2.93. The lowest BCUT2D eigenvalue weighted by Crippen LogP contribution is -2.42. The lowest BCUT2D eigenvalue weighted by molar-refractivity contribution is -0.131. The van der Waals surface area contributed by atoms with Crippen molar-refractivity contribution in [3.63, 3.8) is 0 Å². The van der Waals surface area contributed by atoms with Gasteiger partial charge in [0.2, 0.25) is 5.91 Å². The number of piperidine rings is 1. The molecule has 1 fully saturated rings. The number of amides is 1. The number of halogens is 2. The van der Waals surface area contributed by atoms with Crippen molar-refractivity contribution >= 4 is 40.9 Å². The van der Waals surface area contributed by atoms with Crippen molar-refractivity contribution in [1.29, 1.82) is 0 Å². The monoisotopic (exact) mass is 461 g/mol. The molecular formula is C21H21Cl2N5OS. The van der Waals surface area contributed by atoms with Crippen LogP contribution >= 0.6 is 35.0 Å². The molecule has 1 saturated heterocycles. The number of nitrogens with zero attached hydrogens (tertiary/aromatic N) is 5. The van der Waals surface area contributed by atoms with E-state index in [9.17, 15) is 4.79 Å². The second kappa shape index (κ2) is 9.37. The second-order valence-electron chi connectivity index (χ2n) is 7.20. The molecule has 6 nitrogen and oxygen atoms in total. The van der Waals surface area contributed by atoms with Crippen LogP contribution in [0.4, 0.5) is 0 Å². The van der Waals surface area contributed by atoms with E-state index in [1.165, 1.54) is 18.2 Å². The van der Waals surface area contributed by atoms with Gasteiger partial charge in [0.25, 0.3) is 0 Å². The largest absolute Gasteiger partial charge is 0.339 e. The maximum absolute atomic E-state index is 12.8. The molecule has 1 unspecified atom stereocenters. The molecule has 1 aliphatic rings. The summed E-state index contributed by atoms with van der Waals surface area (Å²) in [5, 5.41) is 10.3. The number of rotatable bonds is 5. The number of likely N-dealkylation sites (tertiary alicyclic amines) is 1. The summed E-state index contributed by atoms with van der Waals surface area (Å²) in [6, 6.07) is 9.41. The fraction of sp³-hybridized carbons (Fsp3) is 0.333. The molecule has 9 heteroatoms. The van der Waals surface area contributed by atoms with E-state index in [2.05, 4.69) is 22.1 Å². The first-order valence-electron chi connectivity index (χ1n) is 9.78. The minimum absolute atomic E-state index is 0.124. The Hall–Kier alpha value is -2.09. The van der Waals surface area contributed by atoms with Crippen LogP contribution in [0.25, 0.3) is 17.1 Å². The molecule has 30 heavy (non-hydrogen) atoms. The zero-order valence-corrected chi connectivity index (χ0v) is 18.8. The molecular weight excluding hydrogens is 441 g/mol. The maximum Gasteiger partial charge on any atom is 0.233 e. The lowest BCUT2D eigenvalue weighted by Gasteiger charge is -2.33. The Balaban J connectivity index is 1.65. The van der Waals surface area contributed by atoms with Gasteiger partial charge in [0.05, 0.1) is 21.5 Å². The van der Waals surface area contributed by atoms with Crippen molar-refractivity contribution < 1.29 is 4.79 Å². The number of carbonyl (C=O) groups excluding carboxylic acids is 1. The Morgan fingerprint density at radius 2 is 2.07 bits per heavy atom. The van der Waals surface area contributed by atoms with Gasteiger partial charge in [0.15, 0.2) is 11.0 Å². The highest BCUT2D eigenvalue weighted by atomic mass is 35.5. The molecule has 0 aliphatic carbocycles. The zero-order chi connectivity index (χ0) is 21.1. The van der Waals surface area contributed by atoms with Gasteiger partial charge < -0.3 is 4.90 Å². The van der Waals surface area contributed by atoms with Gasteiger partial charge in [-0.1, -0.05) is 35.0 Å². The molecule has 3 aromatic rings. The van der Waals surface area contributed by atoms with Crippen LogP contribution in [0.3, 0.4) is 0 Å². The van der Waals surface area contributed by atoms with Crippen LogP contribution in [0.15, 0.2) is 47.9 Å². The molecule has 156 valence electrons. The van der Waals surface area contributed by atoms with Crippen LogP contribution in [0, 0.1) is 0 Å². The summed E-state index contributed by atoms with van der Waals surface area (Å²) in [6.07, 6.45) is 6.73. The van der Waals surface area contributed by atoms with Gasteiger partial charge in [-0.15, -0.1) is 10.2 Å². The topological polar surface area (TPSA) is 63.9 Å². The standard InChI is InChI=1S/C21H21Cl2N5OS/c1-14-5-2-3-10-27(14)19(29)13-30-21-26-25-20(15-6-4-9-24-12-15)28(21)16-7-8-17(22)18(23)11-16/h4,6-9,11-12,14H,2-3,5,10,13H2,1H3. The zero-order valence-electron chi connectivity index (χ0n) is 16.5. The minimum Gasteiger partial charge on any atom is -0.339 e. The number of hydrogen-bond acceptors (Lipinski definition) is 5. The normalized spacial score (nSPS) is 16.6. The summed E-state index contributed by atoms with van der Waals surface area (Å²) in [5.74, 6) is 1.05. The third kappa shape index (κ3) is 4.48. The SMILES string of the molecule is CC1CCCCN1C(=O)CSc1nnc(-c2cccnc2)n1-c1ccc(Cl)c(Cl)c1. The molecule has 1 aliphatic heterocycles. The van der Waals surface area contributed by atoms with E-state index in [0.717, 1.165) is 30.6 Å². The number of thioether (sulfide) groups is 1. The van der Waals surface area contributed by atoms with E-state index in [0.29, 0.717) is 26.8 Å². The van der Waals surface area contributed by atoms with Crippen LogP contribution in [0.5, 0.6) is 0 Å². The third-order valence-electron chi connectivity index (χ3n) is 5.16. The molecule has 1 atom stereocenters. The number of pyridine rings is 1. The second-order valence-corrected chi connectivity index (χ2v) is 8.96. The van der Waals surface area contributed by atoms with Crippen molar-refractivity contribution in [3.05, 3.63) is 52.8 Å².